The number of carbonyl (C=O) groups excluding carboxylic acids is 2. The Labute approximate surface area is 143 Å². The summed E-state index contributed by atoms with van der Waals surface area (Å²) in [6.07, 6.45) is 0.219. The maximum absolute atomic E-state index is 11.9. The molecule has 0 aliphatic carbocycles. The molecular formula is C17H17BrN2O3. The maximum atomic E-state index is 11.9. The van der Waals surface area contributed by atoms with Crippen LogP contribution in [0.5, 0.6) is 5.75 Å². The van der Waals surface area contributed by atoms with Crippen LogP contribution in [0.2, 0.25) is 0 Å². The van der Waals surface area contributed by atoms with Gasteiger partial charge in [0.15, 0.2) is 0 Å². The highest BCUT2D eigenvalue weighted by molar-refractivity contribution is 9.10. The average molecular weight is 377 g/mol. The van der Waals surface area contributed by atoms with E-state index >= 15 is 0 Å². The van der Waals surface area contributed by atoms with Gasteiger partial charge < -0.3 is 15.4 Å². The van der Waals surface area contributed by atoms with Gasteiger partial charge in [-0.3, -0.25) is 9.59 Å². The largest absolute Gasteiger partial charge is 0.493 e. The molecule has 0 atom stereocenters. The quantitative estimate of drug-likeness (QED) is 0.813. The zero-order valence-corrected chi connectivity index (χ0v) is 14.2. The Morgan fingerprint density at radius 3 is 2.65 bits per heavy atom. The van der Waals surface area contributed by atoms with Crippen LogP contribution in [-0.4, -0.2) is 25.5 Å². The van der Waals surface area contributed by atoms with Gasteiger partial charge in [0, 0.05) is 22.8 Å². The molecule has 2 aromatic carbocycles. The van der Waals surface area contributed by atoms with E-state index in [0.717, 1.165) is 4.47 Å². The highest BCUT2D eigenvalue weighted by atomic mass is 79.9. The van der Waals surface area contributed by atoms with Crippen molar-refractivity contribution in [1.29, 1.82) is 0 Å². The number of rotatable bonds is 6. The predicted molar refractivity (Wildman–Crippen MR) is 92.7 cm³/mol. The monoisotopic (exact) mass is 376 g/mol. The fourth-order valence-corrected chi connectivity index (χ4v) is 2.30. The Morgan fingerprint density at radius 2 is 1.91 bits per heavy atom. The summed E-state index contributed by atoms with van der Waals surface area (Å²) in [5.41, 5.74) is 1.08. The topological polar surface area (TPSA) is 67.4 Å². The van der Waals surface area contributed by atoms with E-state index in [9.17, 15) is 9.59 Å². The van der Waals surface area contributed by atoms with Crippen LogP contribution in [0.4, 0.5) is 5.69 Å². The molecule has 5 nitrogen and oxygen atoms in total. The zero-order valence-electron chi connectivity index (χ0n) is 12.6. The average Bonchev–Trinajstić information content (AvgIpc) is 2.54. The van der Waals surface area contributed by atoms with Crippen LogP contribution in [0, 0.1) is 0 Å². The first-order chi connectivity index (χ1) is 11.1. The van der Waals surface area contributed by atoms with Crippen LogP contribution < -0.4 is 15.4 Å². The number of carbonyl (C=O) groups is 2. The van der Waals surface area contributed by atoms with Gasteiger partial charge in [-0.05, 0) is 36.4 Å². The molecule has 0 aliphatic heterocycles. The summed E-state index contributed by atoms with van der Waals surface area (Å²) >= 11 is 3.36. The summed E-state index contributed by atoms with van der Waals surface area (Å²) in [5.74, 6) is 0.335. The molecule has 23 heavy (non-hydrogen) atoms. The normalized spacial score (nSPS) is 10.0. The lowest BCUT2D eigenvalue weighted by Gasteiger charge is -2.08. The molecule has 0 saturated heterocycles. The van der Waals surface area contributed by atoms with Gasteiger partial charge in [0.1, 0.15) is 5.75 Å². The van der Waals surface area contributed by atoms with Crippen LogP contribution in [0.1, 0.15) is 16.8 Å². The van der Waals surface area contributed by atoms with Gasteiger partial charge in [-0.2, -0.15) is 0 Å². The molecule has 0 fully saturated rings. The number of hydrogen-bond acceptors (Lipinski definition) is 3. The summed E-state index contributed by atoms with van der Waals surface area (Å²) in [5, 5.41) is 5.29. The van der Waals surface area contributed by atoms with Crippen molar-refractivity contribution in [3.8, 4) is 5.75 Å². The fourth-order valence-electron chi connectivity index (χ4n) is 1.92. The maximum Gasteiger partial charge on any atom is 0.251 e. The predicted octanol–water partition coefficient (Wildman–Crippen LogP) is 3.22. The Hall–Kier alpha value is -2.34. The smallest absolute Gasteiger partial charge is 0.251 e. The molecule has 0 spiro atoms. The zero-order chi connectivity index (χ0) is 16.7. The summed E-state index contributed by atoms with van der Waals surface area (Å²) in [7, 11) is 1.56. The molecule has 6 heteroatoms. The van der Waals surface area contributed by atoms with Crippen LogP contribution in [0.25, 0.3) is 0 Å². The van der Waals surface area contributed by atoms with Crippen molar-refractivity contribution in [3.05, 3.63) is 58.6 Å². The summed E-state index contributed by atoms with van der Waals surface area (Å²) in [6, 6.07) is 14.2. The van der Waals surface area contributed by atoms with Crippen LogP contribution in [0.3, 0.4) is 0 Å². The number of hydrogen-bond donors (Lipinski definition) is 2. The minimum absolute atomic E-state index is 0.172. The number of halogens is 1. The standard InChI is InChI=1S/C17H17BrN2O3/c1-19-17(22)12-4-2-6-14(10-12)20-16(21)8-9-23-15-7-3-5-13(18)11-15/h2-7,10-11H,8-9H2,1H3,(H,19,22)(H,20,21). The molecule has 0 aliphatic rings. The number of amides is 2. The van der Waals surface area contributed by atoms with Crippen molar-refractivity contribution >= 4 is 33.4 Å². The molecule has 0 saturated carbocycles. The molecule has 0 bridgehead atoms. The first-order valence-electron chi connectivity index (χ1n) is 7.09. The second-order valence-corrected chi connectivity index (χ2v) is 5.68. The van der Waals surface area contributed by atoms with Crippen molar-refractivity contribution in [2.75, 3.05) is 19.0 Å². The van der Waals surface area contributed by atoms with Gasteiger partial charge >= 0.3 is 0 Å². The van der Waals surface area contributed by atoms with Gasteiger partial charge in [-0.1, -0.05) is 28.1 Å². The minimum Gasteiger partial charge on any atom is -0.493 e. The van der Waals surface area contributed by atoms with Crippen LogP contribution >= 0.6 is 15.9 Å². The first kappa shape index (κ1) is 17.0. The van der Waals surface area contributed by atoms with E-state index in [2.05, 4.69) is 26.6 Å². The Kier molecular flexibility index (Phi) is 6.17. The third kappa shape index (κ3) is 5.41. The summed E-state index contributed by atoms with van der Waals surface area (Å²) in [6.45, 7) is 0.275. The number of benzene rings is 2. The lowest BCUT2D eigenvalue weighted by Crippen LogP contribution is -2.19. The number of ether oxygens (including phenoxy) is 1. The van der Waals surface area contributed by atoms with Gasteiger partial charge in [0.05, 0.1) is 13.0 Å². The van der Waals surface area contributed by atoms with E-state index in [0.29, 0.717) is 17.0 Å². The van der Waals surface area contributed by atoms with Crippen LogP contribution in [-0.2, 0) is 4.79 Å². The molecular weight excluding hydrogens is 360 g/mol. The molecule has 120 valence electrons. The third-order valence-electron chi connectivity index (χ3n) is 3.03. The van der Waals surface area contributed by atoms with E-state index < -0.39 is 0 Å². The van der Waals surface area contributed by atoms with E-state index in [1.54, 1.807) is 31.3 Å². The van der Waals surface area contributed by atoms with Crippen LogP contribution in [0.15, 0.2) is 53.0 Å². The highest BCUT2D eigenvalue weighted by Crippen LogP contribution is 2.18. The lowest BCUT2D eigenvalue weighted by molar-refractivity contribution is -0.116. The molecule has 2 amide bonds. The van der Waals surface area contributed by atoms with Gasteiger partial charge in [-0.25, -0.2) is 0 Å². The van der Waals surface area contributed by atoms with E-state index in [1.165, 1.54) is 0 Å². The summed E-state index contributed by atoms with van der Waals surface area (Å²) in [4.78, 5) is 23.5. The molecule has 0 heterocycles. The Balaban J connectivity index is 1.84. The van der Waals surface area contributed by atoms with E-state index in [1.807, 2.05) is 24.3 Å². The molecule has 2 rings (SSSR count). The van der Waals surface area contributed by atoms with Gasteiger partial charge in [0.25, 0.3) is 5.91 Å². The SMILES string of the molecule is CNC(=O)c1cccc(NC(=O)CCOc2cccc(Br)c2)c1. The lowest BCUT2D eigenvalue weighted by atomic mass is 10.2. The molecule has 0 unspecified atom stereocenters. The molecule has 2 aromatic rings. The molecule has 2 N–H and O–H groups in total. The minimum atomic E-state index is -0.195. The second kappa shape index (κ2) is 8.33. The third-order valence-corrected chi connectivity index (χ3v) is 3.52. The van der Waals surface area contributed by atoms with E-state index in [-0.39, 0.29) is 24.8 Å². The van der Waals surface area contributed by atoms with Crippen molar-refractivity contribution in [2.24, 2.45) is 0 Å². The molecule has 0 aromatic heterocycles. The van der Waals surface area contributed by atoms with Gasteiger partial charge in [0.2, 0.25) is 5.91 Å². The van der Waals surface area contributed by atoms with Gasteiger partial charge in [-0.15, -0.1) is 0 Å². The number of anilines is 1. The van der Waals surface area contributed by atoms with Crippen molar-refractivity contribution in [2.45, 2.75) is 6.42 Å². The van der Waals surface area contributed by atoms with Crippen molar-refractivity contribution in [1.82, 2.24) is 5.32 Å². The number of nitrogens with one attached hydrogen (secondary N) is 2. The van der Waals surface area contributed by atoms with Crippen molar-refractivity contribution in [3.63, 3.8) is 0 Å². The highest BCUT2D eigenvalue weighted by Gasteiger charge is 2.07. The Morgan fingerprint density at radius 1 is 1.13 bits per heavy atom. The van der Waals surface area contributed by atoms with Crippen molar-refractivity contribution < 1.29 is 14.3 Å². The second-order valence-electron chi connectivity index (χ2n) is 4.76. The fraction of sp³-hybridized carbons (Fsp3) is 0.176. The first-order valence-corrected chi connectivity index (χ1v) is 7.88. The molecule has 0 radical (unpaired) electrons. The summed E-state index contributed by atoms with van der Waals surface area (Å²) < 4.78 is 6.44. The van der Waals surface area contributed by atoms with E-state index in [4.69, 9.17) is 4.74 Å². The Bertz CT molecular complexity index is 704.